The summed E-state index contributed by atoms with van der Waals surface area (Å²) < 4.78 is 0. The Morgan fingerprint density at radius 1 is 0.895 bits per heavy atom. The fourth-order valence-corrected chi connectivity index (χ4v) is 4.85. The van der Waals surface area contributed by atoms with Gasteiger partial charge >= 0.3 is 6.03 Å². The molecule has 0 atom stereocenters. The van der Waals surface area contributed by atoms with E-state index in [1.807, 2.05) is 65.6 Å². The van der Waals surface area contributed by atoms with Gasteiger partial charge in [0.2, 0.25) is 0 Å². The summed E-state index contributed by atoms with van der Waals surface area (Å²) in [4.78, 5) is 28.0. The number of aromatic nitrogens is 3. The van der Waals surface area contributed by atoms with E-state index < -0.39 is 0 Å². The summed E-state index contributed by atoms with van der Waals surface area (Å²) in [5.74, 6) is 0.769. The van der Waals surface area contributed by atoms with E-state index >= 15 is 0 Å². The number of nitrogens with one attached hydrogen (secondary N) is 2. The number of carbonyl (C=O) groups is 1. The van der Waals surface area contributed by atoms with E-state index in [1.165, 1.54) is 6.33 Å². The van der Waals surface area contributed by atoms with Crippen molar-refractivity contribution in [2.75, 3.05) is 10.2 Å². The van der Waals surface area contributed by atoms with Crippen LogP contribution in [0.15, 0.2) is 91.6 Å². The topological polar surface area (TPSA) is 107 Å². The van der Waals surface area contributed by atoms with Gasteiger partial charge in [0.15, 0.2) is 0 Å². The van der Waals surface area contributed by atoms with Gasteiger partial charge in [-0.2, -0.15) is 5.26 Å². The molecule has 8 heteroatoms. The summed E-state index contributed by atoms with van der Waals surface area (Å²) in [7, 11) is 0. The first-order valence-electron chi connectivity index (χ1n) is 12.8. The maximum Gasteiger partial charge on any atom is 0.322 e. The summed E-state index contributed by atoms with van der Waals surface area (Å²) in [5, 5.41) is 15.6. The molecule has 0 aliphatic heterocycles. The van der Waals surface area contributed by atoms with E-state index in [4.69, 9.17) is 5.26 Å². The van der Waals surface area contributed by atoms with E-state index in [2.05, 4.69) is 31.7 Å². The zero-order valence-electron chi connectivity index (χ0n) is 21.0. The first-order valence-corrected chi connectivity index (χ1v) is 12.8. The van der Waals surface area contributed by atoms with Gasteiger partial charge in [0.05, 0.1) is 5.56 Å². The number of rotatable bonds is 7. The van der Waals surface area contributed by atoms with Gasteiger partial charge in [0.25, 0.3) is 0 Å². The van der Waals surface area contributed by atoms with E-state index in [-0.39, 0.29) is 18.1 Å². The average Bonchev–Trinajstić information content (AvgIpc) is 2.99. The van der Waals surface area contributed by atoms with Crippen LogP contribution in [0.5, 0.6) is 0 Å². The Morgan fingerprint density at radius 2 is 1.63 bits per heavy atom. The molecule has 38 heavy (non-hydrogen) atoms. The van der Waals surface area contributed by atoms with Gasteiger partial charge in [-0.1, -0.05) is 42.5 Å². The summed E-state index contributed by atoms with van der Waals surface area (Å²) in [5.41, 5.74) is 4.40. The van der Waals surface area contributed by atoms with E-state index in [0.29, 0.717) is 12.1 Å². The van der Waals surface area contributed by atoms with Crippen molar-refractivity contribution >= 4 is 17.5 Å². The number of nitrogens with zero attached hydrogens (tertiary/aromatic N) is 5. The number of anilines is 2. The predicted molar refractivity (Wildman–Crippen MR) is 147 cm³/mol. The van der Waals surface area contributed by atoms with Gasteiger partial charge in [-0.15, -0.1) is 0 Å². The summed E-state index contributed by atoms with van der Waals surface area (Å²) >= 11 is 0. The van der Waals surface area contributed by atoms with Crippen molar-refractivity contribution in [2.45, 2.75) is 44.3 Å². The summed E-state index contributed by atoms with van der Waals surface area (Å²) in [6.45, 7) is 0.469. The molecule has 0 unspecified atom stereocenters. The van der Waals surface area contributed by atoms with Crippen LogP contribution in [0.3, 0.4) is 0 Å². The quantitative estimate of drug-likeness (QED) is 0.342. The Bertz CT molecular complexity index is 1360. The number of urea groups is 1. The van der Waals surface area contributed by atoms with E-state index in [9.17, 15) is 4.79 Å². The lowest BCUT2D eigenvalue weighted by Crippen LogP contribution is -2.48. The number of hydrogen-bond donors (Lipinski definition) is 2. The molecule has 1 aliphatic carbocycles. The molecular weight excluding hydrogens is 474 g/mol. The lowest BCUT2D eigenvalue weighted by Gasteiger charge is -2.37. The minimum Gasteiger partial charge on any atom is -0.367 e. The van der Waals surface area contributed by atoms with Crippen molar-refractivity contribution in [1.82, 2.24) is 20.3 Å². The molecule has 2 N–H and O–H groups in total. The maximum absolute atomic E-state index is 13.5. The fraction of sp³-hybridized carbons (Fsp3) is 0.233. The Hall–Kier alpha value is -4.77. The first-order chi connectivity index (χ1) is 18.7. The normalized spacial score (nSPS) is 16.7. The second kappa shape index (κ2) is 12.0. The largest absolute Gasteiger partial charge is 0.367 e. The second-order valence-electron chi connectivity index (χ2n) is 9.38. The molecule has 0 spiro atoms. The maximum atomic E-state index is 13.5. The second-order valence-corrected chi connectivity index (χ2v) is 9.38. The first kappa shape index (κ1) is 24.9. The van der Waals surface area contributed by atoms with Crippen molar-refractivity contribution in [3.05, 3.63) is 103 Å². The molecule has 4 aromatic rings. The Balaban J connectivity index is 1.29. The van der Waals surface area contributed by atoms with E-state index in [1.54, 1.807) is 24.7 Å². The van der Waals surface area contributed by atoms with Crippen molar-refractivity contribution in [3.8, 4) is 17.2 Å². The summed E-state index contributed by atoms with van der Waals surface area (Å²) in [6, 6.07) is 23.9. The van der Waals surface area contributed by atoms with Crippen LogP contribution in [-0.2, 0) is 6.54 Å². The molecule has 2 heterocycles. The molecule has 190 valence electrons. The molecule has 2 aromatic heterocycles. The van der Waals surface area contributed by atoms with Gasteiger partial charge in [0, 0.05) is 48.5 Å². The third kappa shape index (κ3) is 6.13. The number of benzene rings is 2. The zero-order chi connectivity index (χ0) is 26.2. The Labute approximate surface area is 222 Å². The summed E-state index contributed by atoms with van der Waals surface area (Å²) in [6.07, 6.45) is 10.2. The highest BCUT2D eigenvalue weighted by molar-refractivity contribution is 5.93. The smallest absolute Gasteiger partial charge is 0.322 e. The molecule has 8 nitrogen and oxygen atoms in total. The third-order valence-corrected chi connectivity index (χ3v) is 6.85. The highest BCUT2D eigenvalue weighted by atomic mass is 16.2. The predicted octanol–water partition coefficient (Wildman–Crippen LogP) is 5.55. The number of amides is 2. The zero-order valence-corrected chi connectivity index (χ0v) is 21.0. The van der Waals surface area contributed by atoms with Gasteiger partial charge in [-0.25, -0.2) is 19.7 Å². The number of nitriles is 1. The molecule has 0 saturated heterocycles. The van der Waals surface area contributed by atoms with Gasteiger partial charge in [0.1, 0.15) is 18.2 Å². The monoisotopic (exact) mass is 503 g/mol. The molecule has 0 radical (unpaired) electrons. The standard InChI is InChI=1S/C30H29N7O/c31-16-23-6-15-29(34-18-23)36-26-9-13-28(14-10-26)37(30(38)35-17-22-4-2-1-3-5-22)27-11-7-24(8-12-27)25-19-32-21-33-20-25/h1-8,11-12,15,18-21,26,28H,9-10,13-14,17H2,(H,34,36)(H,35,38)/t26-,28-. The lowest BCUT2D eigenvalue weighted by atomic mass is 9.89. The van der Waals surface area contributed by atoms with Crippen LogP contribution >= 0.6 is 0 Å². The molecule has 2 amide bonds. The highest BCUT2D eigenvalue weighted by Gasteiger charge is 2.30. The molecule has 1 fully saturated rings. The molecule has 2 aromatic carbocycles. The van der Waals surface area contributed by atoms with Gasteiger partial charge < -0.3 is 10.6 Å². The molecular formula is C30H29N7O. The number of hydrogen-bond acceptors (Lipinski definition) is 6. The van der Waals surface area contributed by atoms with Crippen LogP contribution in [0.25, 0.3) is 11.1 Å². The average molecular weight is 504 g/mol. The van der Waals surface area contributed by atoms with Crippen LogP contribution in [0.1, 0.15) is 36.8 Å². The SMILES string of the molecule is N#Cc1ccc(N[C@H]2CC[C@H](N(C(=O)NCc3ccccc3)c3ccc(-c4cncnc4)cc3)CC2)nc1. The van der Waals surface area contributed by atoms with Gasteiger partial charge in [-0.3, -0.25) is 4.90 Å². The van der Waals surface area contributed by atoms with Crippen LogP contribution in [0.2, 0.25) is 0 Å². The van der Waals surface area contributed by atoms with Crippen LogP contribution in [-0.4, -0.2) is 33.1 Å². The van der Waals surface area contributed by atoms with Crippen LogP contribution in [0.4, 0.5) is 16.3 Å². The lowest BCUT2D eigenvalue weighted by molar-refractivity contribution is 0.240. The van der Waals surface area contributed by atoms with Crippen LogP contribution in [0, 0.1) is 11.3 Å². The van der Waals surface area contributed by atoms with Crippen molar-refractivity contribution < 1.29 is 4.79 Å². The number of pyridine rings is 1. The third-order valence-electron chi connectivity index (χ3n) is 6.85. The van der Waals surface area contributed by atoms with Crippen molar-refractivity contribution in [1.29, 1.82) is 5.26 Å². The fourth-order valence-electron chi connectivity index (χ4n) is 4.85. The van der Waals surface area contributed by atoms with E-state index in [0.717, 1.165) is 53.9 Å². The Kier molecular flexibility index (Phi) is 7.85. The highest BCUT2D eigenvalue weighted by Crippen LogP contribution is 2.30. The molecule has 0 bridgehead atoms. The molecule has 1 aliphatic rings. The molecule has 5 rings (SSSR count). The number of carbonyl (C=O) groups excluding carboxylic acids is 1. The minimum absolute atomic E-state index is 0.0728. The molecule has 1 saturated carbocycles. The minimum atomic E-state index is -0.102. The van der Waals surface area contributed by atoms with Crippen molar-refractivity contribution in [2.24, 2.45) is 0 Å². The van der Waals surface area contributed by atoms with Gasteiger partial charge in [-0.05, 0) is 61.1 Å². The van der Waals surface area contributed by atoms with Crippen LogP contribution < -0.4 is 15.5 Å². The van der Waals surface area contributed by atoms with Crippen molar-refractivity contribution in [3.63, 3.8) is 0 Å². The Morgan fingerprint density at radius 3 is 2.29 bits per heavy atom.